The molecule has 5 heteroatoms. The predicted octanol–water partition coefficient (Wildman–Crippen LogP) is 4.68. The topological polar surface area (TPSA) is 47.6 Å². The van der Waals surface area contributed by atoms with E-state index in [1.165, 1.54) is 16.9 Å². The molecule has 1 fully saturated rings. The van der Waals surface area contributed by atoms with Crippen molar-refractivity contribution in [3.05, 3.63) is 45.6 Å². The van der Waals surface area contributed by atoms with Crippen molar-refractivity contribution in [1.82, 2.24) is 0 Å². The van der Waals surface area contributed by atoms with Crippen molar-refractivity contribution in [2.45, 2.75) is 45.1 Å². The van der Waals surface area contributed by atoms with E-state index in [1.54, 1.807) is 11.3 Å². The van der Waals surface area contributed by atoms with Crippen LogP contribution in [0.25, 0.3) is 0 Å². The zero-order chi connectivity index (χ0) is 17.9. The van der Waals surface area contributed by atoms with E-state index in [0.717, 1.165) is 48.6 Å². The Morgan fingerprint density at radius 1 is 1.35 bits per heavy atom. The summed E-state index contributed by atoms with van der Waals surface area (Å²) in [5.74, 6) is 1.44. The van der Waals surface area contributed by atoms with Gasteiger partial charge in [-0.25, -0.2) is 0 Å². The van der Waals surface area contributed by atoms with Gasteiger partial charge in [0.05, 0.1) is 11.0 Å². The molecule has 1 aliphatic heterocycles. The molecule has 0 saturated carbocycles. The number of hydrogen-bond acceptors (Lipinski definition) is 4. The summed E-state index contributed by atoms with van der Waals surface area (Å²) in [5.41, 5.74) is 2.12. The van der Waals surface area contributed by atoms with E-state index in [4.69, 9.17) is 9.47 Å². The number of fused-ring (bicyclic) bond motifs is 1. The summed E-state index contributed by atoms with van der Waals surface area (Å²) in [4.78, 5) is 14.8. The molecule has 4 nitrogen and oxygen atoms in total. The Morgan fingerprint density at radius 2 is 2.27 bits per heavy atom. The highest BCUT2D eigenvalue weighted by molar-refractivity contribution is 7.14. The van der Waals surface area contributed by atoms with Gasteiger partial charge in [0.15, 0.2) is 0 Å². The first-order valence-electron chi connectivity index (χ1n) is 9.45. The quantitative estimate of drug-likeness (QED) is 0.830. The average Bonchev–Trinajstić information content (AvgIpc) is 3.29. The molecule has 1 aromatic carbocycles. The second kappa shape index (κ2) is 7.80. The molecule has 1 amide bonds. The number of aryl methyl sites for hydroxylation is 1. The van der Waals surface area contributed by atoms with Crippen LogP contribution in [0.15, 0.2) is 30.3 Å². The molecule has 2 heterocycles. The van der Waals surface area contributed by atoms with Crippen molar-refractivity contribution in [2.24, 2.45) is 5.92 Å². The van der Waals surface area contributed by atoms with Crippen LogP contribution < -0.4 is 10.1 Å². The van der Waals surface area contributed by atoms with E-state index >= 15 is 0 Å². The lowest BCUT2D eigenvalue weighted by Crippen LogP contribution is -2.16. The largest absolute Gasteiger partial charge is 0.491 e. The Hall–Kier alpha value is -1.85. The summed E-state index contributed by atoms with van der Waals surface area (Å²) >= 11 is 1.64. The fourth-order valence-corrected chi connectivity index (χ4v) is 4.74. The number of hydrogen-bond donors (Lipinski definition) is 1. The molecule has 2 aromatic rings. The van der Waals surface area contributed by atoms with Crippen LogP contribution >= 0.6 is 11.3 Å². The number of thiophene rings is 1. The molecule has 26 heavy (non-hydrogen) atoms. The summed E-state index contributed by atoms with van der Waals surface area (Å²) < 4.78 is 11.4. The smallest absolute Gasteiger partial charge is 0.265 e. The van der Waals surface area contributed by atoms with Crippen LogP contribution in [0.5, 0.6) is 5.75 Å². The highest BCUT2D eigenvalue weighted by Crippen LogP contribution is 2.32. The maximum absolute atomic E-state index is 12.6. The zero-order valence-corrected chi connectivity index (χ0v) is 15.9. The minimum atomic E-state index is -0.0340. The molecular weight excluding hydrogens is 346 g/mol. The van der Waals surface area contributed by atoms with Crippen molar-refractivity contribution in [3.63, 3.8) is 0 Å². The second-order valence-corrected chi connectivity index (χ2v) is 8.47. The number of carbonyl (C=O) groups is 1. The van der Waals surface area contributed by atoms with Gasteiger partial charge >= 0.3 is 0 Å². The first-order chi connectivity index (χ1) is 12.7. The van der Waals surface area contributed by atoms with Crippen LogP contribution in [-0.4, -0.2) is 25.2 Å². The molecule has 1 N–H and O–H groups in total. The summed E-state index contributed by atoms with van der Waals surface area (Å²) in [6.07, 6.45) is 5.75. The molecule has 138 valence electrons. The highest BCUT2D eigenvalue weighted by Gasteiger charge is 2.21. The van der Waals surface area contributed by atoms with Gasteiger partial charge in [-0.1, -0.05) is 13.0 Å². The van der Waals surface area contributed by atoms with Crippen molar-refractivity contribution in [2.75, 3.05) is 18.5 Å². The van der Waals surface area contributed by atoms with Gasteiger partial charge in [0.2, 0.25) is 0 Å². The third-order valence-electron chi connectivity index (χ3n) is 5.10. The van der Waals surface area contributed by atoms with E-state index in [2.05, 4.69) is 18.3 Å². The molecule has 0 unspecified atom stereocenters. The number of amides is 1. The van der Waals surface area contributed by atoms with E-state index in [0.29, 0.717) is 12.5 Å². The Morgan fingerprint density at radius 3 is 3.12 bits per heavy atom. The Balaban J connectivity index is 1.39. The molecular formula is C21H25NO3S. The summed E-state index contributed by atoms with van der Waals surface area (Å²) in [6.45, 7) is 3.67. The van der Waals surface area contributed by atoms with Gasteiger partial charge in [0, 0.05) is 23.2 Å². The molecule has 0 radical (unpaired) electrons. The van der Waals surface area contributed by atoms with Crippen LogP contribution in [-0.2, 0) is 17.6 Å². The van der Waals surface area contributed by atoms with Gasteiger partial charge in [0.1, 0.15) is 12.4 Å². The molecule has 1 saturated heterocycles. The number of anilines is 1. The monoisotopic (exact) mass is 371 g/mol. The van der Waals surface area contributed by atoms with Gasteiger partial charge in [0.25, 0.3) is 5.91 Å². The normalized spacial score (nSPS) is 22.0. The van der Waals surface area contributed by atoms with Crippen LogP contribution in [0.4, 0.5) is 5.69 Å². The van der Waals surface area contributed by atoms with E-state index in [1.807, 2.05) is 24.3 Å². The summed E-state index contributed by atoms with van der Waals surface area (Å²) in [6, 6.07) is 9.66. The molecule has 1 aromatic heterocycles. The number of nitrogens with one attached hydrogen (secondary N) is 1. The van der Waals surface area contributed by atoms with E-state index in [9.17, 15) is 4.79 Å². The van der Waals surface area contributed by atoms with E-state index < -0.39 is 0 Å². The van der Waals surface area contributed by atoms with Gasteiger partial charge < -0.3 is 14.8 Å². The van der Waals surface area contributed by atoms with Crippen molar-refractivity contribution in [1.29, 1.82) is 0 Å². The number of carbonyl (C=O) groups excluding carboxylic acids is 1. The first-order valence-corrected chi connectivity index (χ1v) is 10.3. The number of ether oxygens (including phenoxy) is 2. The SMILES string of the molecule is C[C@@H]1CCc2sc(C(=O)Nc3cccc(OC[C@@H]4CCCO4)c3)cc2C1. The average molecular weight is 372 g/mol. The van der Waals surface area contributed by atoms with Gasteiger partial charge in [-0.2, -0.15) is 0 Å². The molecule has 2 atom stereocenters. The third-order valence-corrected chi connectivity index (χ3v) is 6.34. The predicted molar refractivity (Wildman–Crippen MR) is 104 cm³/mol. The minimum Gasteiger partial charge on any atom is -0.491 e. The molecule has 2 aliphatic rings. The molecule has 4 rings (SSSR count). The Labute approximate surface area is 158 Å². The number of rotatable bonds is 5. The zero-order valence-electron chi connectivity index (χ0n) is 15.1. The van der Waals surface area contributed by atoms with Gasteiger partial charge in [-0.05, 0) is 61.8 Å². The lowest BCUT2D eigenvalue weighted by atomic mass is 9.90. The van der Waals surface area contributed by atoms with Crippen LogP contribution in [0.2, 0.25) is 0 Å². The van der Waals surface area contributed by atoms with Crippen LogP contribution in [0.1, 0.15) is 46.3 Å². The molecule has 0 bridgehead atoms. The molecule has 0 spiro atoms. The Kier molecular flexibility index (Phi) is 5.27. The maximum atomic E-state index is 12.6. The maximum Gasteiger partial charge on any atom is 0.265 e. The standard InChI is InChI=1S/C21H25NO3S/c1-14-7-8-19-15(10-14)11-20(26-19)21(23)22-16-4-2-5-17(12-16)25-13-18-6-3-9-24-18/h2,4-5,11-12,14,18H,3,6-10,13H2,1H3,(H,22,23)/t14-,18+/m1/s1. The first kappa shape index (κ1) is 17.6. The number of benzene rings is 1. The van der Waals surface area contributed by atoms with Gasteiger partial charge in [-0.15, -0.1) is 11.3 Å². The fraction of sp³-hybridized carbons (Fsp3) is 0.476. The summed E-state index contributed by atoms with van der Waals surface area (Å²) in [5, 5.41) is 3.01. The fourth-order valence-electron chi connectivity index (χ4n) is 3.64. The van der Waals surface area contributed by atoms with Gasteiger partial charge in [-0.3, -0.25) is 4.79 Å². The second-order valence-electron chi connectivity index (χ2n) is 7.34. The summed E-state index contributed by atoms with van der Waals surface area (Å²) in [7, 11) is 0. The third kappa shape index (κ3) is 4.10. The highest BCUT2D eigenvalue weighted by atomic mass is 32.1. The van der Waals surface area contributed by atoms with Crippen molar-refractivity contribution < 1.29 is 14.3 Å². The molecule has 1 aliphatic carbocycles. The van der Waals surface area contributed by atoms with Crippen molar-refractivity contribution >= 4 is 22.9 Å². The van der Waals surface area contributed by atoms with E-state index in [-0.39, 0.29) is 12.0 Å². The lowest BCUT2D eigenvalue weighted by molar-refractivity contribution is 0.0680. The lowest BCUT2D eigenvalue weighted by Gasteiger charge is -2.16. The van der Waals surface area contributed by atoms with Crippen LogP contribution in [0.3, 0.4) is 0 Å². The minimum absolute atomic E-state index is 0.0340. The van der Waals surface area contributed by atoms with Crippen LogP contribution in [0, 0.1) is 5.92 Å². The van der Waals surface area contributed by atoms with Crippen molar-refractivity contribution in [3.8, 4) is 5.75 Å². The Bertz CT molecular complexity index is 779.